The lowest BCUT2D eigenvalue weighted by Gasteiger charge is -2.08. The quantitative estimate of drug-likeness (QED) is 0.761. The van der Waals surface area contributed by atoms with Crippen LogP contribution in [0.5, 0.6) is 0 Å². The lowest BCUT2D eigenvalue weighted by atomic mass is 9.97. The molecule has 0 aromatic heterocycles. The molecule has 0 saturated heterocycles. The summed E-state index contributed by atoms with van der Waals surface area (Å²) in [5.74, 6) is -0.00478. The molecule has 0 bridgehead atoms. The van der Waals surface area contributed by atoms with E-state index in [0.717, 1.165) is 5.56 Å². The average Bonchev–Trinajstić information content (AvgIpc) is 2.26. The van der Waals surface area contributed by atoms with Crippen LogP contribution in [0.15, 0.2) is 18.2 Å². The lowest BCUT2D eigenvalue weighted by molar-refractivity contribution is 0.273. The van der Waals surface area contributed by atoms with Crippen molar-refractivity contribution in [2.75, 3.05) is 6.61 Å². The Labute approximate surface area is 82.8 Å². The molecule has 0 heterocycles. The van der Waals surface area contributed by atoms with Gasteiger partial charge in [-0.05, 0) is 17.7 Å². The molecule has 0 amide bonds. The number of hydrogen-bond donors (Lipinski definition) is 1. The summed E-state index contributed by atoms with van der Waals surface area (Å²) < 4.78 is 0. The first-order valence-electron chi connectivity index (χ1n) is 4.28. The summed E-state index contributed by atoms with van der Waals surface area (Å²) in [5.41, 5.74) is 1.62. The summed E-state index contributed by atoms with van der Waals surface area (Å²) in [6.07, 6.45) is 0. The molecule has 1 atom stereocenters. The molecule has 3 heteroatoms. The van der Waals surface area contributed by atoms with Crippen molar-refractivity contribution in [3.05, 3.63) is 34.9 Å². The SMILES string of the molecule is CC(CO)c1ccc(C#N)c(C#N)c1. The molecule has 0 fully saturated rings. The first-order valence-corrected chi connectivity index (χ1v) is 4.28. The molecular weight excluding hydrogens is 176 g/mol. The first kappa shape index (κ1) is 10.2. The van der Waals surface area contributed by atoms with Crippen molar-refractivity contribution in [2.24, 2.45) is 0 Å². The molecule has 1 N–H and O–H groups in total. The smallest absolute Gasteiger partial charge is 0.101 e. The molecule has 3 nitrogen and oxygen atoms in total. The van der Waals surface area contributed by atoms with Gasteiger partial charge in [0.05, 0.1) is 11.1 Å². The van der Waals surface area contributed by atoms with Crippen molar-refractivity contribution in [3.63, 3.8) is 0 Å². The minimum Gasteiger partial charge on any atom is -0.396 e. The molecule has 0 aliphatic rings. The van der Waals surface area contributed by atoms with Gasteiger partial charge in [-0.15, -0.1) is 0 Å². The predicted octanol–water partition coefficient (Wildman–Crippen LogP) is 1.53. The van der Waals surface area contributed by atoms with Gasteiger partial charge in [0, 0.05) is 12.5 Å². The number of hydrogen-bond acceptors (Lipinski definition) is 3. The number of benzene rings is 1. The number of aliphatic hydroxyl groups is 1. The maximum atomic E-state index is 8.93. The molecule has 0 saturated carbocycles. The molecule has 14 heavy (non-hydrogen) atoms. The highest BCUT2D eigenvalue weighted by Gasteiger charge is 2.07. The summed E-state index contributed by atoms with van der Waals surface area (Å²) in [6.45, 7) is 1.90. The largest absolute Gasteiger partial charge is 0.396 e. The summed E-state index contributed by atoms with van der Waals surface area (Å²) >= 11 is 0. The summed E-state index contributed by atoms with van der Waals surface area (Å²) in [6, 6.07) is 8.93. The molecular formula is C11H10N2O. The van der Waals surface area contributed by atoms with Crippen LogP contribution in [-0.4, -0.2) is 11.7 Å². The molecule has 1 aromatic carbocycles. The van der Waals surface area contributed by atoms with E-state index in [0.29, 0.717) is 11.1 Å². The van der Waals surface area contributed by atoms with Crippen molar-refractivity contribution in [2.45, 2.75) is 12.8 Å². The minimum absolute atomic E-state index is 0.00478. The van der Waals surface area contributed by atoms with E-state index in [1.165, 1.54) is 0 Å². The van der Waals surface area contributed by atoms with Crippen LogP contribution in [0.4, 0.5) is 0 Å². The second kappa shape index (κ2) is 4.41. The van der Waals surface area contributed by atoms with Crippen LogP contribution in [-0.2, 0) is 0 Å². The van der Waals surface area contributed by atoms with Gasteiger partial charge >= 0.3 is 0 Å². The number of nitriles is 2. The van der Waals surface area contributed by atoms with Crippen LogP contribution in [0.3, 0.4) is 0 Å². The van der Waals surface area contributed by atoms with E-state index in [1.807, 2.05) is 19.1 Å². The van der Waals surface area contributed by atoms with Crippen molar-refractivity contribution in [1.29, 1.82) is 10.5 Å². The lowest BCUT2D eigenvalue weighted by Crippen LogP contribution is -1.99. The highest BCUT2D eigenvalue weighted by Crippen LogP contribution is 2.18. The van der Waals surface area contributed by atoms with Gasteiger partial charge in [-0.1, -0.05) is 13.0 Å². The van der Waals surface area contributed by atoms with Crippen molar-refractivity contribution in [1.82, 2.24) is 0 Å². The first-order chi connectivity index (χ1) is 6.72. The fourth-order valence-corrected chi connectivity index (χ4v) is 1.16. The van der Waals surface area contributed by atoms with Gasteiger partial charge in [-0.2, -0.15) is 10.5 Å². The number of rotatable bonds is 2. The summed E-state index contributed by atoms with van der Waals surface area (Å²) in [4.78, 5) is 0. The molecule has 1 rings (SSSR count). The Hall–Kier alpha value is -1.84. The van der Waals surface area contributed by atoms with E-state index in [4.69, 9.17) is 15.6 Å². The van der Waals surface area contributed by atoms with Gasteiger partial charge < -0.3 is 5.11 Å². The van der Waals surface area contributed by atoms with Gasteiger partial charge in [-0.3, -0.25) is 0 Å². The average molecular weight is 186 g/mol. The second-order valence-electron chi connectivity index (χ2n) is 3.11. The molecule has 1 unspecified atom stereocenters. The topological polar surface area (TPSA) is 67.8 Å². The predicted molar refractivity (Wildman–Crippen MR) is 51.4 cm³/mol. The van der Waals surface area contributed by atoms with Crippen molar-refractivity contribution in [3.8, 4) is 12.1 Å². The van der Waals surface area contributed by atoms with Gasteiger partial charge in [0.2, 0.25) is 0 Å². The van der Waals surface area contributed by atoms with Crippen LogP contribution in [0.25, 0.3) is 0 Å². The van der Waals surface area contributed by atoms with Crippen molar-refractivity contribution >= 4 is 0 Å². The molecule has 0 radical (unpaired) electrons. The van der Waals surface area contributed by atoms with Gasteiger partial charge in [0.1, 0.15) is 12.1 Å². The highest BCUT2D eigenvalue weighted by atomic mass is 16.3. The zero-order chi connectivity index (χ0) is 10.6. The molecule has 1 aromatic rings. The third-order valence-electron chi connectivity index (χ3n) is 2.13. The molecule has 70 valence electrons. The van der Waals surface area contributed by atoms with Crippen LogP contribution in [0.2, 0.25) is 0 Å². The molecule has 0 spiro atoms. The van der Waals surface area contributed by atoms with Crippen LogP contribution >= 0.6 is 0 Å². The fraction of sp³-hybridized carbons (Fsp3) is 0.273. The standard InChI is InChI=1S/C11H10N2O/c1-8(7-14)9-2-3-10(5-12)11(4-9)6-13/h2-4,8,14H,7H2,1H3. The molecule has 0 aliphatic carbocycles. The van der Waals surface area contributed by atoms with E-state index < -0.39 is 0 Å². The van der Waals surface area contributed by atoms with E-state index in [9.17, 15) is 0 Å². The van der Waals surface area contributed by atoms with E-state index in [2.05, 4.69) is 0 Å². The Bertz CT molecular complexity index is 412. The van der Waals surface area contributed by atoms with Gasteiger partial charge in [0.25, 0.3) is 0 Å². The zero-order valence-electron chi connectivity index (χ0n) is 7.86. The van der Waals surface area contributed by atoms with Crippen LogP contribution in [0.1, 0.15) is 29.5 Å². The Balaban J connectivity index is 3.17. The van der Waals surface area contributed by atoms with E-state index >= 15 is 0 Å². The summed E-state index contributed by atoms with van der Waals surface area (Å²) in [7, 11) is 0. The minimum atomic E-state index is -0.00478. The zero-order valence-corrected chi connectivity index (χ0v) is 7.86. The Morgan fingerprint density at radius 1 is 1.29 bits per heavy atom. The normalized spacial score (nSPS) is 11.4. The number of aliphatic hydroxyl groups excluding tert-OH is 1. The second-order valence-corrected chi connectivity index (χ2v) is 3.11. The Morgan fingerprint density at radius 2 is 1.93 bits per heavy atom. The van der Waals surface area contributed by atoms with Crippen molar-refractivity contribution < 1.29 is 5.11 Å². The molecule has 0 aliphatic heterocycles. The summed E-state index contributed by atoms with van der Waals surface area (Å²) in [5, 5.41) is 26.4. The Morgan fingerprint density at radius 3 is 2.43 bits per heavy atom. The monoisotopic (exact) mass is 186 g/mol. The fourth-order valence-electron chi connectivity index (χ4n) is 1.16. The maximum Gasteiger partial charge on any atom is 0.101 e. The number of nitrogens with zero attached hydrogens (tertiary/aromatic N) is 2. The van der Waals surface area contributed by atoms with Crippen LogP contribution < -0.4 is 0 Å². The van der Waals surface area contributed by atoms with Gasteiger partial charge in [-0.25, -0.2) is 0 Å². The van der Waals surface area contributed by atoms with E-state index in [-0.39, 0.29) is 12.5 Å². The Kier molecular flexibility index (Phi) is 3.23. The maximum absolute atomic E-state index is 8.93. The van der Waals surface area contributed by atoms with Crippen LogP contribution in [0, 0.1) is 22.7 Å². The van der Waals surface area contributed by atoms with E-state index in [1.54, 1.807) is 18.2 Å². The van der Waals surface area contributed by atoms with Gasteiger partial charge in [0.15, 0.2) is 0 Å². The highest BCUT2D eigenvalue weighted by molar-refractivity contribution is 5.47. The third-order valence-corrected chi connectivity index (χ3v) is 2.13. The third kappa shape index (κ3) is 1.90.